The number of carbonyl (C=O) groups excluding carboxylic acids is 1. The molecule has 0 bridgehead atoms. The molecule has 176 valence electrons. The number of nitrogens with one attached hydrogen (secondary N) is 2. The highest BCUT2D eigenvalue weighted by atomic mass is 32.2. The summed E-state index contributed by atoms with van der Waals surface area (Å²) in [5.74, 6) is -0.124. The molecule has 1 unspecified atom stereocenters. The van der Waals surface area contributed by atoms with Gasteiger partial charge >= 0.3 is 0 Å². The van der Waals surface area contributed by atoms with Crippen LogP contribution in [-0.2, 0) is 10.0 Å². The third-order valence-corrected chi connectivity index (χ3v) is 7.07. The minimum absolute atomic E-state index is 0.124. The van der Waals surface area contributed by atoms with Gasteiger partial charge in [-0.25, -0.2) is 8.42 Å². The highest BCUT2D eigenvalue weighted by Crippen LogP contribution is 2.24. The molecule has 3 aromatic rings. The second-order valence-electron chi connectivity index (χ2n) is 8.14. The smallest absolute Gasteiger partial charge is 0.273 e. The summed E-state index contributed by atoms with van der Waals surface area (Å²) in [7, 11) is -4.03. The number of sulfonamides is 1. The number of amides is 1. The van der Waals surface area contributed by atoms with Crippen LogP contribution in [0.5, 0.6) is 0 Å². The van der Waals surface area contributed by atoms with Gasteiger partial charge in [0.25, 0.3) is 21.6 Å². The Hall–Kier alpha value is -3.92. The zero-order chi connectivity index (χ0) is 24.3. The van der Waals surface area contributed by atoms with Crippen LogP contribution in [0.1, 0.15) is 22.3 Å². The van der Waals surface area contributed by atoms with Crippen molar-refractivity contribution in [2.24, 2.45) is 0 Å². The third kappa shape index (κ3) is 5.18. The van der Waals surface area contributed by atoms with E-state index in [1.165, 1.54) is 31.2 Å². The highest BCUT2D eigenvalue weighted by Gasteiger charge is 2.27. The quantitative estimate of drug-likeness (QED) is 0.389. The molecule has 1 amide bonds. The van der Waals surface area contributed by atoms with Crippen molar-refractivity contribution in [3.8, 4) is 0 Å². The lowest BCUT2D eigenvalue weighted by Crippen LogP contribution is -2.31. The van der Waals surface area contributed by atoms with Gasteiger partial charge in [-0.15, -0.1) is 0 Å². The van der Waals surface area contributed by atoms with E-state index in [-0.39, 0.29) is 28.2 Å². The number of anilines is 2. The molecule has 0 spiro atoms. The maximum atomic E-state index is 12.9. The monoisotopic (exact) mass is 480 g/mol. The molecule has 1 fully saturated rings. The molecule has 1 aliphatic heterocycles. The van der Waals surface area contributed by atoms with Gasteiger partial charge in [0.2, 0.25) is 0 Å². The second-order valence-corrected chi connectivity index (χ2v) is 9.82. The van der Waals surface area contributed by atoms with Crippen LogP contribution >= 0.6 is 0 Å². The van der Waals surface area contributed by atoms with Gasteiger partial charge in [-0.2, -0.15) is 0 Å². The van der Waals surface area contributed by atoms with E-state index in [0.717, 1.165) is 18.2 Å². The van der Waals surface area contributed by atoms with Gasteiger partial charge in [-0.05, 0) is 55.8 Å². The number of nitro benzene ring substituents is 1. The minimum Gasteiger partial charge on any atom is -0.380 e. The van der Waals surface area contributed by atoms with Gasteiger partial charge in [0, 0.05) is 47.7 Å². The van der Waals surface area contributed by atoms with Crippen molar-refractivity contribution in [3.05, 3.63) is 94.0 Å². The average molecular weight is 481 g/mol. The summed E-state index contributed by atoms with van der Waals surface area (Å²) in [5, 5.41) is 14.6. The molecule has 0 saturated carbocycles. The number of para-hydroxylation sites is 1. The van der Waals surface area contributed by atoms with Crippen molar-refractivity contribution < 1.29 is 18.1 Å². The molecule has 0 aromatic heterocycles. The number of hydrogen-bond acceptors (Lipinski definition) is 6. The standard InChI is InChI=1S/C24H24N4O5S/c1-17-7-12-22(15-23(17)28(30)31)34(32,33)26-20-10-8-18(9-11-20)24(29)27-14-13-21(16-27)25-19-5-3-2-4-6-19/h2-12,15,21,25-26H,13-14,16H2,1H3. The number of nitrogens with zero attached hydrogens (tertiary/aromatic N) is 2. The van der Waals surface area contributed by atoms with Crippen LogP contribution < -0.4 is 10.0 Å². The molecule has 1 atom stereocenters. The van der Waals surface area contributed by atoms with Gasteiger partial charge in [0.05, 0.1) is 9.82 Å². The van der Waals surface area contributed by atoms with Gasteiger partial charge < -0.3 is 10.2 Å². The van der Waals surface area contributed by atoms with Crippen molar-refractivity contribution in [2.45, 2.75) is 24.3 Å². The summed E-state index contributed by atoms with van der Waals surface area (Å²) in [5.41, 5.74) is 1.82. The van der Waals surface area contributed by atoms with E-state index in [0.29, 0.717) is 24.2 Å². The maximum Gasteiger partial charge on any atom is 0.273 e. The van der Waals surface area contributed by atoms with Crippen LogP contribution in [0.25, 0.3) is 0 Å². The Labute approximate surface area is 197 Å². The fraction of sp³-hybridized carbons (Fsp3) is 0.208. The molecule has 1 saturated heterocycles. The Morgan fingerprint density at radius 1 is 1.03 bits per heavy atom. The summed E-state index contributed by atoms with van der Waals surface area (Å²) >= 11 is 0. The van der Waals surface area contributed by atoms with Gasteiger partial charge in [-0.3, -0.25) is 19.6 Å². The van der Waals surface area contributed by atoms with Crippen molar-refractivity contribution in [2.75, 3.05) is 23.1 Å². The van der Waals surface area contributed by atoms with E-state index >= 15 is 0 Å². The van der Waals surface area contributed by atoms with E-state index < -0.39 is 14.9 Å². The number of carbonyl (C=O) groups is 1. The van der Waals surface area contributed by atoms with Crippen LogP contribution in [0, 0.1) is 17.0 Å². The number of rotatable bonds is 7. The first-order valence-electron chi connectivity index (χ1n) is 10.7. The van der Waals surface area contributed by atoms with Crippen LogP contribution in [0.3, 0.4) is 0 Å². The Bertz CT molecular complexity index is 1310. The minimum atomic E-state index is -4.03. The number of benzene rings is 3. The lowest BCUT2D eigenvalue weighted by atomic mass is 10.2. The number of hydrogen-bond donors (Lipinski definition) is 2. The Morgan fingerprint density at radius 2 is 1.74 bits per heavy atom. The number of nitro groups is 1. The molecule has 0 radical (unpaired) electrons. The number of aryl methyl sites for hydroxylation is 1. The summed E-state index contributed by atoms with van der Waals surface area (Å²) in [6, 6.07) is 19.9. The van der Waals surface area contributed by atoms with Gasteiger partial charge in [0.15, 0.2) is 0 Å². The molecular formula is C24H24N4O5S. The van der Waals surface area contributed by atoms with Crippen LogP contribution in [-0.4, -0.2) is 43.3 Å². The molecule has 3 aromatic carbocycles. The Balaban J connectivity index is 1.40. The molecule has 9 nitrogen and oxygen atoms in total. The van der Waals surface area contributed by atoms with E-state index in [9.17, 15) is 23.3 Å². The largest absolute Gasteiger partial charge is 0.380 e. The summed E-state index contributed by atoms with van der Waals surface area (Å²) in [4.78, 5) is 25.0. The molecular weight excluding hydrogens is 456 g/mol. The average Bonchev–Trinajstić information content (AvgIpc) is 3.28. The lowest BCUT2D eigenvalue weighted by molar-refractivity contribution is -0.385. The maximum absolute atomic E-state index is 12.9. The molecule has 34 heavy (non-hydrogen) atoms. The predicted octanol–water partition coefficient (Wildman–Crippen LogP) is 4.03. The van der Waals surface area contributed by atoms with Crippen LogP contribution in [0.4, 0.5) is 17.1 Å². The zero-order valence-corrected chi connectivity index (χ0v) is 19.3. The van der Waals surface area contributed by atoms with E-state index in [1.807, 2.05) is 30.3 Å². The van der Waals surface area contributed by atoms with Crippen molar-refractivity contribution in [1.29, 1.82) is 0 Å². The fourth-order valence-electron chi connectivity index (χ4n) is 3.86. The molecule has 2 N–H and O–H groups in total. The zero-order valence-electron chi connectivity index (χ0n) is 18.5. The molecule has 0 aliphatic carbocycles. The van der Waals surface area contributed by atoms with Crippen molar-refractivity contribution >= 4 is 33.0 Å². The predicted molar refractivity (Wildman–Crippen MR) is 129 cm³/mol. The normalized spacial score (nSPS) is 15.7. The van der Waals surface area contributed by atoms with E-state index in [2.05, 4.69) is 10.0 Å². The molecule has 1 heterocycles. The first-order chi connectivity index (χ1) is 16.2. The van der Waals surface area contributed by atoms with E-state index in [4.69, 9.17) is 0 Å². The lowest BCUT2D eigenvalue weighted by Gasteiger charge is -2.18. The van der Waals surface area contributed by atoms with E-state index in [1.54, 1.807) is 17.0 Å². The van der Waals surface area contributed by atoms with Gasteiger partial charge in [0.1, 0.15) is 0 Å². The molecule has 4 rings (SSSR count). The van der Waals surface area contributed by atoms with Crippen molar-refractivity contribution in [1.82, 2.24) is 4.90 Å². The summed E-state index contributed by atoms with van der Waals surface area (Å²) < 4.78 is 27.8. The second kappa shape index (κ2) is 9.52. The third-order valence-electron chi connectivity index (χ3n) is 5.69. The number of likely N-dealkylation sites (tertiary alicyclic amines) is 1. The summed E-state index contributed by atoms with van der Waals surface area (Å²) in [6.45, 7) is 2.75. The fourth-order valence-corrected chi connectivity index (χ4v) is 4.94. The Kier molecular flexibility index (Phi) is 6.51. The van der Waals surface area contributed by atoms with Gasteiger partial charge in [-0.1, -0.05) is 24.3 Å². The molecule has 10 heteroatoms. The van der Waals surface area contributed by atoms with Crippen LogP contribution in [0.2, 0.25) is 0 Å². The Morgan fingerprint density at radius 3 is 2.41 bits per heavy atom. The van der Waals surface area contributed by atoms with Crippen molar-refractivity contribution in [3.63, 3.8) is 0 Å². The first kappa shape index (κ1) is 23.2. The topological polar surface area (TPSA) is 122 Å². The highest BCUT2D eigenvalue weighted by molar-refractivity contribution is 7.92. The first-order valence-corrected chi connectivity index (χ1v) is 12.2. The molecule has 1 aliphatic rings. The summed E-state index contributed by atoms with van der Waals surface area (Å²) in [6.07, 6.45) is 0.835. The van der Waals surface area contributed by atoms with Crippen LogP contribution in [0.15, 0.2) is 77.7 Å². The SMILES string of the molecule is Cc1ccc(S(=O)(=O)Nc2ccc(C(=O)N3CCC(Nc4ccccc4)C3)cc2)cc1[N+](=O)[O-].